The maximum Gasteiger partial charge on any atom is 0.416 e. The predicted molar refractivity (Wildman–Crippen MR) is 58.4 cm³/mol. The number of rotatable bonds is 2. The Kier molecular flexibility index (Phi) is 3.27. The highest BCUT2D eigenvalue weighted by molar-refractivity contribution is 5.36. The van der Waals surface area contributed by atoms with Gasteiger partial charge in [0.1, 0.15) is 5.82 Å². The van der Waals surface area contributed by atoms with Crippen LogP contribution in [-0.2, 0) is 13.2 Å². The second kappa shape index (κ2) is 4.61. The van der Waals surface area contributed by atoms with E-state index < -0.39 is 23.6 Å². The Labute approximate surface area is 105 Å². The first-order valence-corrected chi connectivity index (χ1v) is 5.27. The number of nitrogens with two attached hydrogens (primary N) is 1. The smallest absolute Gasteiger partial charge is 0.319 e. The van der Waals surface area contributed by atoms with Gasteiger partial charge in [-0.1, -0.05) is 5.21 Å². The number of hydrogen-bond acceptors (Lipinski definition) is 3. The van der Waals surface area contributed by atoms with Gasteiger partial charge in [0.15, 0.2) is 0 Å². The average Bonchev–Trinajstić information content (AvgIpc) is 2.72. The first kappa shape index (κ1) is 13.5. The molecule has 102 valence electrons. The van der Waals surface area contributed by atoms with E-state index in [-0.39, 0.29) is 11.3 Å². The molecule has 0 amide bonds. The molecular formula is C11H10F4N4. The fraction of sp³-hybridized carbons (Fsp3) is 0.273. The van der Waals surface area contributed by atoms with Gasteiger partial charge in [0, 0.05) is 7.05 Å². The van der Waals surface area contributed by atoms with Gasteiger partial charge in [-0.25, -0.2) is 4.39 Å². The fourth-order valence-electron chi connectivity index (χ4n) is 1.79. The van der Waals surface area contributed by atoms with E-state index >= 15 is 0 Å². The number of aryl methyl sites for hydroxylation is 1. The Morgan fingerprint density at radius 2 is 2.00 bits per heavy atom. The van der Waals surface area contributed by atoms with Crippen molar-refractivity contribution in [3.63, 3.8) is 0 Å². The monoisotopic (exact) mass is 274 g/mol. The van der Waals surface area contributed by atoms with E-state index in [0.717, 1.165) is 12.1 Å². The molecule has 0 radical (unpaired) electrons. The molecule has 0 saturated heterocycles. The third-order valence-electron chi connectivity index (χ3n) is 2.72. The van der Waals surface area contributed by atoms with Crippen LogP contribution in [-0.4, -0.2) is 15.0 Å². The maximum atomic E-state index is 13.2. The van der Waals surface area contributed by atoms with E-state index in [2.05, 4.69) is 10.3 Å². The van der Waals surface area contributed by atoms with Crippen molar-refractivity contribution in [2.24, 2.45) is 12.8 Å². The van der Waals surface area contributed by atoms with Crippen LogP contribution in [0.25, 0.3) is 0 Å². The molecule has 1 aromatic heterocycles. The van der Waals surface area contributed by atoms with Crippen molar-refractivity contribution >= 4 is 0 Å². The Hall–Kier alpha value is -1.96. The molecule has 19 heavy (non-hydrogen) atoms. The standard InChI is InChI=1S/C11H10F4N4/c1-19-9(5-17-18-19)10(16)7-4-6(12)2-3-8(7)11(13,14)15/h2-5,10H,16H2,1H3. The van der Waals surface area contributed by atoms with E-state index in [1.807, 2.05) is 0 Å². The highest BCUT2D eigenvalue weighted by atomic mass is 19.4. The van der Waals surface area contributed by atoms with Crippen molar-refractivity contribution in [1.82, 2.24) is 15.0 Å². The molecule has 1 heterocycles. The third kappa shape index (κ3) is 2.58. The van der Waals surface area contributed by atoms with Crippen LogP contribution in [0.2, 0.25) is 0 Å². The number of hydrogen-bond donors (Lipinski definition) is 1. The highest BCUT2D eigenvalue weighted by Gasteiger charge is 2.35. The minimum absolute atomic E-state index is 0.260. The van der Waals surface area contributed by atoms with Gasteiger partial charge < -0.3 is 5.73 Å². The van der Waals surface area contributed by atoms with E-state index in [4.69, 9.17) is 5.73 Å². The highest BCUT2D eigenvalue weighted by Crippen LogP contribution is 2.35. The molecule has 2 rings (SSSR count). The van der Waals surface area contributed by atoms with Crippen molar-refractivity contribution in [1.29, 1.82) is 0 Å². The molecule has 1 atom stereocenters. The van der Waals surface area contributed by atoms with Crippen LogP contribution in [0.4, 0.5) is 17.6 Å². The van der Waals surface area contributed by atoms with Crippen LogP contribution in [0.5, 0.6) is 0 Å². The van der Waals surface area contributed by atoms with Gasteiger partial charge in [-0.3, -0.25) is 4.68 Å². The minimum atomic E-state index is -4.60. The quantitative estimate of drug-likeness (QED) is 0.852. The molecule has 1 unspecified atom stereocenters. The molecule has 0 fully saturated rings. The summed E-state index contributed by atoms with van der Waals surface area (Å²) in [6, 6.07) is 1.04. The number of aromatic nitrogens is 3. The van der Waals surface area contributed by atoms with Crippen molar-refractivity contribution < 1.29 is 17.6 Å². The second-order valence-corrected chi connectivity index (χ2v) is 3.99. The SMILES string of the molecule is Cn1nncc1C(N)c1cc(F)ccc1C(F)(F)F. The van der Waals surface area contributed by atoms with E-state index in [1.165, 1.54) is 17.9 Å². The van der Waals surface area contributed by atoms with Gasteiger partial charge in [0.25, 0.3) is 0 Å². The molecule has 4 nitrogen and oxygen atoms in total. The number of nitrogens with zero attached hydrogens (tertiary/aromatic N) is 3. The predicted octanol–water partition coefficient (Wildman–Crippen LogP) is 2.02. The molecule has 0 saturated carbocycles. The lowest BCUT2D eigenvalue weighted by molar-refractivity contribution is -0.138. The lowest BCUT2D eigenvalue weighted by atomic mass is 9.98. The second-order valence-electron chi connectivity index (χ2n) is 3.99. The first-order chi connectivity index (χ1) is 8.80. The Morgan fingerprint density at radius 1 is 1.32 bits per heavy atom. The molecule has 0 bridgehead atoms. The van der Waals surface area contributed by atoms with Gasteiger partial charge in [-0.2, -0.15) is 13.2 Å². The summed E-state index contributed by atoms with van der Waals surface area (Å²) in [5, 5.41) is 7.13. The molecule has 0 aliphatic heterocycles. The molecule has 0 spiro atoms. The molecule has 0 aliphatic rings. The molecule has 2 N–H and O–H groups in total. The number of benzene rings is 1. The van der Waals surface area contributed by atoms with Gasteiger partial charge in [0.2, 0.25) is 0 Å². The van der Waals surface area contributed by atoms with E-state index in [0.29, 0.717) is 6.07 Å². The van der Waals surface area contributed by atoms with Crippen LogP contribution in [0.3, 0.4) is 0 Å². The third-order valence-corrected chi connectivity index (χ3v) is 2.72. The van der Waals surface area contributed by atoms with Crippen LogP contribution >= 0.6 is 0 Å². The Bertz CT molecular complexity index is 591. The van der Waals surface area contributed by atoms with Crippen molar-refractivity contribution in [2.45, 2.75) is 12.2 Å². The van der Waals surface area contributed by atoms with Crippen LogP contribution < -0.4 is 5.73 Å². The first-order valence-electron chi connectivity index (χ1n) is 5.27. The topological polar surface area (TPSA) is 56.7 Å². The zero-order chi connectivity index (χ0) is 14.2. The summed E-state index contributed by atoms with van der Waals surface area (Å²) < 4.78 is 53.0. The van der Waals surface area contributed by atoms with Gasteiger partial charge in [0.05, 0.1) is 23.5 Å². The summed E-state index contributed by atoms with van der Waals surface area (Å²) in [4.78, 5) is 0. The molecule has 0 aliphatic carbocycles. The van der Waals surface area contributed by atoms with Crippen molar-refractivity contribution in [3.8, 4) is 0 Å². The summed E-state index contributed by atoms with van der Waals surface area (Å²) in [6.45, 7) is 0. The summed E-state index contributed by atoms with van der Waals surface area (Å²) in [5.41, 5.74) is 4.70. The van der Waals surface area contributed by atoms with E-state index in [9.17, 15) is 17.6 Å². The fourth-order valence-corrected chi connectivity index (χ4v) is 1.79. The van der Waals surface area contributed by atoms with Crippen molar-refractivity contribution in [3.05, 3.63) is 47.0 Å². The zero-order valence-electron chi connectivity index (χ0n) is 9.82. The maximum absolute atomic E-state index is 13.2. The van der Waals surface area contributed by atoms with Gasteiger partial charge >= 0.3 is 6.18 Å². The summed E-state index contributed by atoms with van der Waals surface area (Å²) >= 11 is 0. The molecule has 2 aromatic rings. The molecular weight excluding hydrogens is 264 g/mol. The van der Waals surface area contributed by atoms with Crippen molar-refractivity contribution in [2.75, 3.05) is 0 Å². The zero-order valence-corrected chi connectivity index (χ0v) is 9.82. The largest absolute Gasteiger partial charge is 0.416 e. The Morgan fingerprint density at radius 3 is 2.53 bits per heavy atom. The molecule has 8 heteroatoms. The number of alkyl halides is 3. The minimum Gasteiger partial charge on any atom is -0.319 e. The Balaban J connectivity index is 2.55. The summed E-state index contributed by atoms with van der Waals surface area (Å²) in [6.07, 6.45) is -3.36. The van der Waals surface area contributed by atoms with Crippen LogP contribution in [0.1, 0.15) is 22.9 Å². The average molecular weight is 274 g/mol. The van der Waals surface area contributed by atoms with Gasteiger partial charge in [-0.05, 0) is 23.8 Å². The summed E-state index contributed by atoms with van der Waals surface area (Å²) in [7, 11) is 1.49. The lowest BCUT2D eigenvalue weighted by Crippen LogP contribution is -2.21. The number of halogens is 4. The van der Waals surface area contributed by atoms with Crippen LogP contribution in [0, 0.1) is 5.82 Å². The van der Waals surface area contributed by atoms with Gasteiger partial charge in [-0.15, -0.1) is 5.10 Å². The lowest BCUT2D eigenvalue weighted by Gasteiger charge is -2.18. The normalized spacial score (nSPS) is 13.6. The van der Waals surface area contributed by atoms with Crippen LogP contribution in [0.15, 0.2) is 24.4 Å². The summed E-state index contributed by atoms with van der Waals surface area (Å²) in [5.74, 6) is -0.784. The molecule has 1 aromatic carbocycles. The van der Waals surface area contributed by atoms with E-state index in [1.54, 1.807) is 0 Å².